The van der Waals surface area contributed by atoms with Crippen LogP contribution in [-0.2, 0) is 0 Å². The van der Waals surface area contributed by atoms with E-state index >= 15 is 0 Å². The van der Waals surface area contributed by atoms with Gasteiger partial charge in [-0.3, -0.25) is 0 Å². The summed E-state index contributed by atoms with van der Waals surface area (Å²) < 4.78 is 0. The van der Waals surface area contributed by atoms with E-state index in [1.54, 1.807) is 0 Å². The predicted octanol–water partition coefficient (Wildman–Crippen LogP) is 5.12. The van der Waals surface area contributed by atoms with Crippen LogP contribution in [0, 0.1) is 13.8 Å². The molecule has 0 heteroatoms. The van der Waals surface area contributed by atoms with Gasteiger partial charge in [0.05, 0.1) is 0 Å². The van der Waals surface area contributed by atoms with Crippen LogP contribution < -0.4 is 0 Å². The van der Waals surface area contributed by atoms with Gasteiger partial charge in [-0.05, 0) is 46.9 Å². The van der Waals surface area contributed by atoms with E-state index in [-0.39, 0.29) is 0 Å². The van der Waals surface area contributed by atoms with Crippen molar-refractivity contribution < 1.29 is 0 Å². The van der Waals surface area contributed by atoms with Crippen LogP contribution >= 0.6 is 0 Å². The Morgan fingerprint density at radius 1 is 0.611 bits per heavy atom. The molecule has 3 aromatic rings. The minimum absolute atomic E-state index is 1.31. The van der Waals surface area contributed by atoms with Crippen molar-refractivity contribution >= 4 is 10.8 Å². The van der Waals surface area contributed by atoms with Crippen molar-refractivity contribution in [1.29, 1.82) is 0 Å². The van der Waals surface area contributed by atoms with Crippen LogP contribution in [-0.4, -0.2) is 0 Å². The molecule has 0 saturated heterocycles. The maximum absolute atomic E-state index is 2.24. The Hall–Kier alpha value is -2.08. The Balaban J connectivity index is 2.31. The standard InChI is InChI=1S/C18H16/c1-13-7-3-5-9-16(13)18-12-11-15-8-4-6-10-17(15)14(18)2/h3-12H,1-2H3. The lowest BCUT2D eigenvalue weighted by Gasteiger charge is -2.11. The Bertz CT molecular complexity index is 708. The number of hydrogen-bond acceptors (Lipinski definition) is 0. The summed E-state index contributed by atoms with van der Waals surface area (Å²) in [6.45, 7) is 4.38. The van der Waals surface area contributed by atoms with Gasteiger partial charge in [-0.1, -0.05) is 60.7 Å². The van der Waals surface area contributed by atoms with Crippen LogP contribution in [0.3, 0.4) is 0 Å². The Morgan fingerprint density at radius 3 is 2.17 bits per heavy atom. The molecule has 0 bridgehead atoms. The van der Waals surface area contributed by atoms with Gasteiger partial charge in [0.1, 0.15) is 0 Å². The minimum Gasteiger partial charge on any atom is -0.0620 e. The van der Waals surface area contributed by atoms with Crippen molar-refractivity contribution in [2.45, 2.75) is 13.8 Å². The second-order valence-corrected chi connectivity index (χ2v) is 4.77. The van der Waals surface area contributed by atoms with Crippen molar-refractivity contribution in [2.24, 2.45) is 0 Å². The molecule has 0 saturated carbocycles. The lowest BCUT2D eigenvalue weighted by molar-refractivity contribution is 1.43. The van der Waals surface area contributed by atoms with E-state index in [1.807, 2.05) is 0 Å². The van der Waals surface area contributed by atoms with E-state index < -0.39 is 0 Å². The van der Waals surface area contributed by atoms with Crippen LogP contribution in [0.15, 0.2) is 60.7 Å². The number of benzene rings is 3. The molecule has 0 spiro atoms. The lowest BCUT2D eigenvalue weighted by Crippen LogP contribution is -1.88. The van der Waals surface area contributed by atoms with Gasteiger partial charge in [0.2, 0.25) is 0 Å². The molecule has 0 aliphatic carbocycles. The molecule has 0 radical (unpaired) electrons. The monoisotopic (exact) mass is 232 g/mol. The van der Waals surface area contributed by atoms with Gasteiger partial charge in [0.25, 0.3) is 0 Å². The van der Waals surface area contributed by atoms with Crippen molar-refractivity contribution in [1.82, 2.24) is 0 Å². The average Bonchev–Trinajstić information content (AvgIpc) is 2.41. The first-order chi connectivity index (χ1) is 8.77. The van der Waals surface area contributed by atoms with E-state index in [4.69, 9.17) is 0 Å². The van der Waals surface area contributed by atoms with Crippen LogP contribution in [0.5, 0.6) is 0 Å². The highest BCUT2D eigenvalue weighted by atomic mass is 14.1. The summed E-state index contributed by atoms with van der Waals surface area (Å²) in [6, 6.07) is 21.6. The molecule has 0 fully saturated rings. The van der Waals surface area contributed by atoms with Gasteiger partial charge >= 0.3 is 0 Å². The number of hydrogen-bond donors (Lipinski definition) is 0. The van der Waals surface area contributed by atoms with E-state index in [0.29, 0.717) is 0 Å². The second kappa shape index (κ2) is 4.30. The largest absolute Gasteiger partial charge is 0.0620 e. The van der Waals surface area contributed by atoms with Crippen molar-refractivity contribution in [3.63, 3.8) is 0 Å². The van der Waals surface area contributed by atoms with Gasteiger partial charge < -0.3 is 0 Å². The third-order valence-electron chi connectivity index (χ3n) is 3.63. The van der Waals surface area contributed by atoms with Gasteiger partial charge in [-0.2, -0.15) is 0 Å². The van der Waals surface area contributed by atoms with Crippen LogP contribution in [0.4, 0.5) is 0 Å². The molecule has 0 N–H and O–H groups in total. The van der Waals surface area contributed by atoms with Crippen LogP contribution in [0.25, 0.3) is 21.9 Å². The summed E-state index contributed by atoms with van der Waals surface area (Å²) in [4.78, 5) is 0. The van der Waals surface area contributed by atoms with E-state index in [2.05, 4.69) is 74.5 Å². The Kier molecular flexibility index (Phi) is 2.64. The van der Waals surface area contributed by atoms with Crippen molar-refractivity contribution in [3.05, 3.63) is 71.8 Å². The summed E-state index contributed by atoms with van der Waals surface area (Å²) >= 11 is 0. The molecule has 0 heterocycles. The average molecular weight is 232 g/mol. The molecule has 0 atom stereocenters. The number of aryl methyl sites for hydroxylation is 2. The van der Waals surface area contributed by atoms with Gasteiger partial charge in [-0.15, -0.1) is 0 Å². The van der Waals surface area contributed by atoms with Crippen LogP contribution in [0.1, 0.15) is 11.1 Å². The SMILES string of the molecule is Cc1ccccc1-c1ccc2ccccc2c1C. The van der Waals surface area contributed by atoms with Crippen molar-refractivity contribution in [3.8, 4) is 11.1 Å². The molecule has 3 aromatic carbocycles. The smallest absolute Gasteiger partial charge is 0.0146 e. The van der Waals surface area contributed by atoms with Gasteiger partial charge in [0, 0.05) is 0 Å². The maximum atomic E-state index is 2.24. The summed E-state index contributed by atoms with van der Waals surface area (Å²) in [5, 5.41) is 2.66. The summed E-state index contributed by atoms with van der Waals surface area (Å²) in [5.41, 5.74) is 5.37. The summed E-state index contributed by atoms with van der Waals surface area (Å²) in [5.74, 6) is 0. The first kappa shape index (κ1) is 11.0. The number of fused-ring (bicyclic) bond motifs is 1. The second-order valence-electron chi connectivity index (χ2n) is 4.77. The maximum Gasteiger partial charge on any atom is -0.0146 e. The van der Waals surface area contributed by atoms with Gasteiger partial charge in [-0.25, -0.2) is 0 Å². The zero-order valence-corrected chi connectivity index (χ0v) is 10.8. The fourth-order valence-electron chi connectivity index (χ4n) is 2.59. The highest BCUT2D eigenvalue weighted by molar-refractivity contribution is 5.91. The molecule has 88 valence electrons. The molecular formula is C18H16. The molecule has 0 aromatic heterocycles. The highest BCUT2D eigenvalue weighted by Gasteiger charge is 2.06. The molecular weight excluding hydrogens is 216 g/mol. The number of rotatable bonds is 1. The van der Waals surface area contributed by atoms with Crippen LogP contribution in [0.2, 0.25) is 0 Å². The Morgan fingerprint density at radius 2 is 1.33 bits per heavy atom. The lowest BCUT2D eigenvalue weighted by atomic mass is 9.93. The molecule has 18 heavy (non-hydrogen) atoms. The molecule has 0 nitrogen and oxygen atoms in total. The summed E-state index contributed by atoms with van der Waals surface area (Å²) in [7, 11) is 0. The fourth-order valence-corrected chi connectivity index (χ4v) is 2.59. The fraction of sp³-hybridized carbons (Fsp3) is 0.111. The Labute approximate surface area is 108 Å². The highest BCUT2D eigenvalue weighted by Crippen LogP contribution is 2.31. The molecule has 0 unspecified atom stereocenters. The predicted molar refractivity (Wildman–Crippen MR) is 78.9 cm³/mol. The minimum atomic E-state index is 1.31. The quantitative estimate of drug-likeness (QED) is 0.546. The first-order valence-corrected chi connectivity index (χ1v) is 6.32. The summed E-state index contributed by atoms with van der Waals surface area (Å²) in [6.07, 6.45) is 0. The molecule has 0 aliphatic rings. The van der Waals surface area contributed by atoms with Crippen molar-refractivity contribution in [2.75, 3.05) is 0 Å². The van der Waals surface area contributed by atoms with Gasteiger partial charge in [0.15, 0.2) is 0 Å². The van der Waals surface area contributed by atoms with E-state index in [9.17, 15) is 0 Å². The topological polar surface area (TPSA) is 0 Å². The molecule has 0 aliphatic heterocycles. The van der Waals surface area contributed by atoms with E-state index in [1.165, 1.54) is 33.0 Å². The molecule has 0 amide bonds. The third kappa shape index (κ3) is 1.70. The van der Waals surface area contributed by atoms with E-state index in [0.717, 1.165) is 0 Å². The zero-order chi connectivity index (χ0) is 12.5. The molecule has 3 rings (SSSR count). The first-order valence-electron chi connectivity index (χ1n) is 6.32. The normalized spacial score (nSPS) is 10.8. The zero-order valence-electron chi connectivity index (χ0n) is 10.8. The third-order valence-corrected chi connectivity index (χ3v) is 3.63.